The molecule has 50 heavy (non-hydrogen) atoms. The Morgan fingerprint density at radius 2 is 1.66 bits per heavy atom. The minimum atomic E-state index is -4.60. The van der Waals surface area contributed by atoms with Crippen LogP contribution in [0.4, 0.5) is 10.7 Å². The molecule has 0 bridgehead atoms. The van der Waals surface area contributed by atoms with E-state index in [0.717, 1.165) is 25.5 Å². The second kappa shape index (κ2) is 18.0. The van der Waals surface area contributed by atoms with Crippen molar-refractivity contribution in [3.05, 3.63) is 40.1 Å². The number of sulfonamides is 1. The molecule has 1 aromatic carbocycles. The molecule has 272 valence electrons. The van der Waals surface area contributed by atoms with Crippen molar-refractivity contribution in [3.8, 4) is 17.5 Å². The van der Waals surface area contributed by atoms with Gasteiger partial charge in [0.25, 0.3) is 5.91 Å². The Labute approximate surface area is 319 Å². The maximum Gasteiger partial charge on any atom is 1.00 e. The molecule has 1 aromatic heterocycles. The molecule has 1 aliphatic carbocycles. The Bertz CT molecular complexity index is 1780. The summed E-state index contributed by atoms with van der Waals surface area (Å²) in [5.74, 6) is -0.140. The molecule has 3 N–H and O–H groups in total. The third-order valence-corrected chi connectivity index (χ3v) is 11.5. The molecule has 3 amide bonds. The zero-order chi connectivity index (χ0) is 36.7. The molecule has 2 heterocycles. The fourth-order valence-electron chi connectivity index (χ4n) is 5.20. The number of rotatable bonds is 11. The number of urea groups is 1. The molecule has 2 aromatic rings. The maximum absolute atomic E-state index is 13.3. The van der Waals surface area contributed by atoms with Gasteiger partial charge < -0.3 is 29.4 Å². The van der Waals surface area contributed by atoms with E-state index in [9.17, 15) is 31.5 Å². The van der Waals surface area contributed by atoms with Gasteiger partial charge in [-0.05, 0) is 56.7 Å². The van der Waals surface area contributed by atoms with Gasteiger partial charge in [-0.2, -0.15) is 18.4 Å². The van der Waals surface area contributed by atoms with Gasteiger partial charge in [0, 0.05) is 30.3 Å². The van der Waals surface area contributed by atoms with Crippen LogP contribution in [-0.4, -0.2) is 95.3 Å². The van der Waals surface area contributed by atoms with Crippen LogP contribution in [-0.2, 0) is 36.2 Å². The second-order valence-electron chi connectivity index (χ2n) is 10.9. The average Bonchev–Trinajstić information content (AvgIpc) is 3.27. The van der Waals surface area contributed by atoms with E-state index >= 15 is 0 Å². The Balaban J connectivity index is 0.000000343. The first-order chi connectivity index (χ1) is 22.9. The summed E-state index contributed by atoms with van der Waals surface area (Å²) in [4.78, 5) is 32.0. The maximum atomic E-state index is 13.3. The summed E-state index contributed by atoms with van der Waals surface area (Å²) in [5, 5.41) is 18.9. The van der Waals surface area contributed by atoms with E-state index in [2.05, 4.69) is 15.3 Å². The number of hydrogen-bond acceptors (Lipinski definition) is 13. The van der Waals surface area contributed by atoms with Crippen LogP contribution in [0.15, 0.2) is 24.0 Å². The fraction of sp³-hybridized carbons (Fsp3) is 0.517. The number of aryl methyl sites for hydroxylation is 1. The third-order valence-electron chi connectivity index (χ3n) is 7.79. The van der Waals surface area contributed by atoms with Crippen LogP contribution in [0.3, 0.4) is 0 Å². The van der Waals surface area contributed by atoms with Crippen LogP contribution in [0.1, 0.15) is 50.7 Å². The van der Waals surface area contributed by atoms with Gasteiger partial charge in [-0.25, -0.2) is 17.9 Å². The molecule has 1 aliphatic heterocycles. The number of anilines is 1. The van der Waals surface area contributed by atoms with E-state index in [1.807, 2.05) is 19.2 Å². The van der Waals surface area contributed by atoms with Crippen molar-refractivity contribution in [2.45, 2.75) is 57.6 Å². The zero-order valence-corrected chi connectivity index (χ0v) is 33.5. The van der Waals surface area contributed by atoms with Gasteiger partial charge in [-0.3, -0.25) is 10.1 Å². The Hall–Kier alpha value is -2.91. The molecular weight excluding hydrogens is 731 g/mol. The first-order valence-electron chi connectivity index (χ1n) is 14.9. The molecule has 21 heteroatoms. The minimum absolute atomic E-state index is 0. The predicted octanol–water partition coefficient (Wildman–Crippen LogP) is -1.41. The van der Waals surface area contributed by atoms with Crippen LogP contribution in [0.2, 0.25) is 5.02 Å². The summed E-state index contributed by atoms with van der Waals surface area (Å²) in [6, 6.07) is 3.55. The minimum Gasteiger partial charge on any atom is -0.873 e. The molecule has 4 rings (SSSR count). The van der Waals surface area contributed by atoms with Crippen LogP contribution in [0.25, 0.3) is 5.57 Å². The number of aromatic nitrogens is 2. The first-order valence-corrected chi connectivity index (χ1v) is 18.6. The molecular formula is C29H40ClN6NaO11S2. The quantitative estimate of drug-likeness (QED) is 0.224. The van der Waals surface area contributed by atoms with Gasteiger partial charge in [-0.1, -0.05) is 28.0 Å². The number of amides is 3. The van der Waals surface area contributed by atoms with Crippen molar-refractivity contribution in [1.82, 2.24) is 23.7 Å². The van der Waals surface area contributed by atoms with Crippen molar-refractivity contribution in [2.75, 3.05) is 46.6 Å². The van der Waals surface area contributed by atoms with E-state index in [0.29, 0.717) is 48.5 Å². The number of benzene rings is 1. The molecule has 17 nitrogen and oxygen atoms in total. The van der Waals surface area contributed by atoms with Crippen molar-refractivity contribution in [1.29, 1.82) is 0 Å². The predicted molar refractivity (Wildman–Crippen MR) is 178 cm³/mol. The number of ether oxygens (including phenoxy) is 4. The molecule has 1 fully saturated rings. The molecule has 0 atom stereocenters. The monoisotopic (exact) mass is 770 g/mol. The third kappa shape index (κ3) is 10.3. The van der Waals surface area contributed by atoms with Crippen LogP contribution in [0, 0.1) is 0 Å². The zero-order valence-electron chi connectivity index (χ0n) is 29.1. The van der Waals surface area contributed by atoms with Crippen LogP contribution in [0.5, 0.6) is 17.5 Å². The van der Waals surface area contributed by atoms with Crippen LogP contribution >= 0.6 is 11.6 Å². The average molecular weight is 771 g/mol. The normalized spacial score (nSPS) is 18.8. The largest absolute Gasteiger partial charge is 1.00 e. The number of carbonyl (C=O) groups is 2. The number of hydrogen-bond donors (Lipinski definition) is 3. The van der Waals surface area contributed by atoms with Gasteiger partial charge in [0.15, 0.2) is 0 Å². The second-order valence-corrected chi connectivity index (χ2v) is 15.3. The Kier molecular flexibility index (Phi) is 15.6. The number of methoxy groups -OCH3 is 3. The number of nitrogens with zero attached hydrogens (tertiary/aromatic N) is 3. The van der Waals surface area contributed by atoms with Crippen molar-refractivity contribution in [2.24, 2.45) is 0 Å². The molecule has 1 saturated carbocycles. The summed E-state index contributed by atoms with van der Waals surface area (Å²) in [7, 11) is -3.58. The van der Waals surface area contributed by atoms with Gasteiger partial charge in [-0.15, -0.1) is 0 Å². The summed E-state index contributed by atoms with van der Waals surface area (Å²) in [6.45, 7) is 4.27. The van der Waals surface area contributed by atoms with E-state index in [4.69, 9.17) is 30.5 Å². The Morgan fingerprint density at radius 1 is 1.08 bits per heavy atom. The molecule has 0 unspecified atom stereocenters. The van der Waals surface area contributed by atoms with Crippen molar-refractivity contribution in [3.63, 3.8) is 0 Å². The topological polar surface area (TPSA) is 228 Å². The number of halogens is 1. The number of carbonyl (C=O) groups excluding carboxylic acids is 2. The van der Waals surface area contributed by atoms with Gasteiger partial charge in [0.05, 0.1) is 44.8 Å². The standard InChI is InChI=1S/C20H26ClNO4.C9H15N5O7S2.Na/c1-4-12-10-13(21)11-15(26-5-2)16(12)17-18(23)20(22-19(17)24)8-6-14(25-3)7-9-20;1-14(22(4,16)17)23(18,19)13-9(15)12-8-10-6(20-2)5-7(11-8)21-3;/h10-11,14,23H,4-9H2,1-3H3,(H,22,24);5H,1-4H3,(H2,10,11,12,13,15);/q;;+1/p-1. The van der Waals surface area contributed by atoms with E-state index < -0.39 is 31.8 Å². The molecule has 2 aliphatic rings. The van der Waals surface area contributed by atoms with E-state index in [1.54, 1.807) is 19.2 Å². The van der Waals surface area contributed by atoms with E-state index in [1.165, 1.54) is 25.0 Å². The molecule has 0 radical (unpaired) electrons. The van der Waals surface area contributed by atoms with Crippen molar-refractivity contribution < 1.29 is 80.0 Å². The van der Waals surface area contributed by atoms with Crippen molar-refractivity contribution >= 4 is 55.3 Å². The summed E-state index contributed by atoms with van der Waals surface area (Å²) < 4.78 is 68.2. The van der Waals surface area contributed by atoms with Gasteiger partial charge in [0.1, 0.15) is 5.75 Å². The summed E-state index contributed by atoms with van der Waals surface area (Å²) in [5.41, 5.74) is 0.835. The molecule has 0 saturated heterocycles. The smallest absolute Gasteiger partial charge is 0.873 e. The molecule has 1 spiro atoms. The van der Waals surface area contributed by atoms with Gasteiger partial charge in [0.2, 0.25) is 27.7 Å². The van der Waals surface area contributed by atoms with Crippen LogP contribution < -0.4 is 64.2 Å². The van der Waals surface area contributed by atoms with Gasteiger partial charge >= 0.3 is 45.8 Å². The first kappa shape index (κ1) is 43.3. The Morgan fingerprint density at radius 3 is 2.14 bits per heavy atom. The summed E-state index contributed by atoms with van der Waals surface area (Å²) in [6.07, 6.45) is 4.18. The van der Waals surface area contributed by atoms with E-state index in [-0.39, 0.29) is 74.3 Å². The SMILES string of the molecule is CCOc1cc(Cl)cc(CC)c1C1=C([O-])C2(CCC(OC)CC2)NC1=O.COc1cc(OC)nc(NC(=O)NS(=O)(=O)N(C)S(C)(=O)=O)n1.[Na+]. The number of nitrogens with one attached hydrogen (secondary N) is 3. The fourth-order valence-corrected chi connectivity index (χ4v) is 7.38. The summed E-state index contributed by atoms with van der Waals surface area (Å²) >= 11 is 6.20.